The highest BCUT2D eigenvalue weighted by Gasteiger charge is 2.24. The molecule has 1 nitrogen and oxygen atoms in total. The summed E-state index contributed by atoms with van der Waals surface area (Å²) in [4.78, 5) is 0. The molecule has 0 saturated carbocycles. The first-order valence-corrected chi connectivity index (χ1v) is 5.19. The molecule has 1 aliphatic heterocycles. The van der Waals surface area contributed by atoms with Crippen molar-refractivity contribution < 1.29 is 4.39 Å². The molecule has 1 aromatic carbocycles. The molecular weight excluding hydrogens is 177 g/mol. The van der Waals surface area contributed by atoms with E-state index in [1.165, 1.54) is 12.0 Å². The van der Waals surface area contributed by atoms with Gasteiger partial charge in [-0.1, -0.05) is 31.2 Å². The molecule has 2 heteroatoms. The average Bonchev–Trinajstić information content (AvgIpc) is 2.15. The summed E-state index contributed by atoms with van der Waals surface area (Å²) in [6.45, 7) is 2.96. The third kappa shape index (κ3) is 1.80. The third-order valence-electron chi connectivity index (χ3n) is 3.10. The Morgan fingerprint density at radius 1 is 1.57 bits per heavy atom. The Hall–Kier alpha value is -0.890. The summed E-state index contributed by atoms with van der Waals surface area (Å²) in [5.41, 5.74) is 2.03. The van der Waals surface area contributed by atoms with Crippen LogP contribution in [0.15, 0.2) is 24.3 Å². The Morgan fingerprint density at radius 2 is 2.36 bits per heavy atom. The maximum absolute atomic E-state index is 12.5. The number of alkyl halides is 1. The van der Waals surface area contributed by atoms with E-state index >= 15 is 0 Å². The van der Waals surface area contributed by atoms with Gasteiger partial charge in [-0.25, -0.2) is 4.39 Å². The van der Waals surface area contributed by atoms with Crippen LogP contribution in [0.5, 0.6) is 0 Å². The van der Waals surface area contributed by atoms with Crippen LogP contribution in [-0.4, -0.2) is 12.6 Å². The first kappa shape index (κ1) is 9.66. The molecular formula is C12H16FN. The van der Waals surface area contributed by atoms with Gasteiger partial charge in [0.15, 0.2) is 0 Å². The summed E-state index contributed by atoms with van der Waals surface area (Å²) in [5, 5.41) is 3.39. The second-order valence-electron chi connectivity index (χ2n) is 4.02. The number of hydrogen-bond donors (Lipinski definition) is 1. The van der Waals surface area contributed by atoms with Gasteiger partial charge < -0.3 is 5.32 Å². The van der Waals surface area contributed by atoms with Gasteiger partial charge in [-0.05, 0) is 30.0 Å². The molecule has 2 atom stereocenters. The lowest BCUT2D eigenvalue weighted by molar-refractivity contribution is 0.327. The molecule has 2 rings (SSSR count). The molecule has 1 heterocycles. The smallest absolute Gasteiger partial charge is 0.115 e. The van der Waals surface area contributed by atoms with Crippen LogP contribution in [0, 0.1) is 0 Å². The maximum Gasteiger partial charge on any atom is 0.115 e. The predicted octanol–water partition coefficient (Wildman–Crippen LogP) is 2.62. The van der Waals surface area contributed by atoms with E-state index in [0.29, 0.717) is 12.0 Å². The summed E-state index contributed by atoms with van der Waals surface area (Å²) in [6.07, 6.45) is 1.24. The second-order valence-corrected chi connectivity index (χ2v) is 4.02. The quantitative estimate of drug-likeness (QED) is 0.778. The highest BCUT2D eigenvalue weighted by atomic mass is 19.1. The summed E-state index contributed by atoms with van der Waals surface area (Å²) in [5.74, 6) is 0.496. The summed E-state index contributed by atoms with van der Waals surface area (Å²) in [7, 11) is 0. The monoisotopic (exact) mass is 193 g/mol. The molecule has 1 aromatic rings. The third-order valence-corrected chi connectivity index (χ3v) is 3.10. The normalized spacial score (nSPS) is 22.9. The van der Waals surface area contributed by atoms with Crippen molar-refractivity contribution in [2.45, 2.75) is 32.0 Å². The van der Waals surface area contributed by atoms with Gasteiger partial charge in [-0.15, -0.1) is 0 Å². The highest BCUT2D eigenvalue weighted by molar-refractivity contribution is 5.27. The van der Waals surface area contributed by atoms with E-state index in [-0.39, 0.29) is 6.67 Å². The van der Waals surface area contributed by atoms with E-state index in [1.807, 2.05) is 18.2 Å². The van der Waals surface area contributed by atoms with Crippen molar-refractivity contribution in [1.82, 2.24) is 5.32 Å². The van der Waals surface area contributed by atoms with Crippen LogP contribution >= 0.6 is 0 Å². The van der Waals surface area contributed by atoms with Crippen molar-refractivity contribution >= 4 is 0 Å². The van der Waals surface area contributed by atoms with E-state index in [9.17, 15) is 4.39 Å². The number of benzene rings is 1. The van der Waals surface area contributed by atoms with Gasteiger partial charge in [-0.3, -0.25) is 0 Å². The van der Waals surface area contributed by atoms with E-state index in [2.05, 4.69) is 18.3 Å². The van der Waals surface area contributed by atoms with Crippen LogP contribution in [0.2, 0.25) is 0 Å². The van der Waals surface area contributed by atoms with Crippen molar-refractivity contribution in [3.8, 4) is 0 Å². The molecule has 1 aliphatic rings. The molecule has 0 radical (unpaired) electrons. The molecule has 14 heavy (non-hydrogen) atoms. The Labute approximate surface area is 84.3 Å². The van der Waals surface area contributed by atoms with E-state index in [0.717, 1.165) is 12.1 Å². The van der Waals surface area contributed by atoms with Crippen molar-refractivity contribution in [2.75, 3.05) is 6.54 Å². The minimum atomic E-state index is -0.362. The molecule has 0 aliphatic carbocycles. The average molecular weight is 193 g/mol. The van der Waals surface area contributed by atoms with Crippen LogP contribution in [0.1, 0.15) is 30.4 Å². The van der Waals surface area contributed by atoms with Crippen LogP contribution in [0.3, 0.4) is 0 Å². The summed E-state index contributed by atoms with van der Waals surface area (Å²) < 4.78 is 12.5. The molecule has 1 saturated heterocycles. The SMILES string of the molecule is C[C@@H](c1cccc(CF)c1)[C@@H]1CCN1. The zero-order valence-corrected chi connectivity index (χ0v) is 8.46. The molecule has 0 aromatic heterocycles. The zero-order valence-electron chi connectivity index (χ0n) is 8.46. The lowest BCUT2D eigenvalue weighted by Gasteiger charge is -2.33. The second kappa shape index (κ2) is 4.09. The van der Waals surface area contributed by atoms with Gasteiger partial charge in [0.05, 0.1) is 0 Å². The fraction of sp³-hybridized carbons (Fsp3) is 0.500. The van der Waals surface area contributed by atoms with Gasteiger partial charge >= 0.3 is 0 Å². The van der Waals surface area contributed by atoms with Crippen LogP contribution < -0.4 is 5.32 Å². The molecule has 0 unspecified atom stereocenters. The lowest BCUT2D eigenvalue weighted by Crippen LogP contribution is -2.46. The Bertz CT molecular complexity index is 307. The fourth-order valence-electron chi connectivity index (χ4n) is 1.93. The predicted molar refractivity (Wildman–Crippen MR) is 56.1 cm³/mol. The first-order chi connectivity index (χ1) is 6.81. The number of rotatable bonds is 3. The van der Waals surface area contributed by atoms with Gasteiger partial charge in [-0.2, -0.15) is 0 Å². The van der Waals surface area contributed by atoms with E-state index < -0.39 is 0 Å². The molecule has 1 fully saturated rings. The molecule has 0 bridgehead atoms. The van der Waals surface area contributed by atoms with Crippen molar-refractivity contribution in [2.24, 2.45) is 0 Å². The first-order valence-electron chi connectivity index (χ1n) is 5.19. The number of halogens is 1. The number of nitrogens with one attached hydrogen (secondary N) is 1. The lowest BCUT2D eigenvalue weighted by atomic mass is 9.87. The molecule has 1 N–H and O–H groups in total. The largest absolute Gasteiger partial charge is 0.313 e. The zero-order chi connectivity index (χ0) is 9.97. The van der Waals surface area contributed by atoms with Gasteiger partial charge in [0.1, 0.15) is 6.67 Å². The molecule has 76 valence electrons. The summed E-state index contributed by atoms with van der Waals surface area (Å²) in [6, 6.07) is 8.43. The van der Waals surface area contributed by atoms with Crippen LogP contribution in [-0.2, 0) is 6.67 Å². The van der Waals surface area contributed by atoms with E-state index in [4.69, 9.17) is 0 Å². The van der Waals surface area contributed by atoms with Crippen molar-refractivity contribution in [3.05, 3.63) is 35.4 Å². The molecule has 0 spiro atoms. The van der Waals surface area contributed by atoms with E-state index in [1.54, 1.807) is 0 Å². The van der Waals surface area contributed by atoms with Crippen LogP contribution in [0.4, 0.5) is 4.39 Å². The highest BCUT2D eigenvalue weighted by Crippen LogP contribution is 2.25. The Morgan fingerprint density at radius 3 is 2.93 bits per heavy atom. The van der Waals surface area contributed by atoms with Crippen molar-refractivity contribution in [3.63, 3.8) is 0 Å². The van der Waals surface area contributed by atoms with Gasteiger partial charge in [0.25, 0.3) is 0 Å². The molecule has 0 amide bonds. The van der Waals surface area contributed by atoms with Gasteiger partial charge in [0, 0.05) is 6.04 Å². The maximum atomic E-state index is 12.5. The Balaban J connectivity index is 2.13. The Kier molecular flexibility index (Phi) is 2.82. The van der Waals surface area contributed by atoms with Crippen LogP contribution in [0.25, 0.3) is 0 Å². The minimum absolute atomic E-state index is 0.362. The minimum Gasteiger partial charge on any atom is -0.313 e. The van der Waals surface area contributed by atoms with Crippen molar-refractivity contribution in [1.29, 1.82) is 0 Å². The number of hydrogen-bond acceptors (Lipinski definition) is 1. The fourth-order valence-corrected chi connectivity index (χ4v) is 1.93. The summed E-state index contributed by atoms with van der Waals surface area (Å²) >= 11 is 0. The topological polar surface area (TPSA) is 12.0 Å². The van der Waals surface area contributed by atoms with Gasteiger partial charge in [0.2, 0.25) is 0 Å². The standard InChI is InChI=1S/C12H16FN/c1-9(12-5-6-14-12)11-4-2-3-10(7-11)8-13/h2-4,7,9,12,14H,5-6,8H2,1H3/t9-,12-/m0/s1.